The maximum Gasteiger partial charge on any atom is 0.407 e. The van der Waals surface area contributed by atoms with Crippen molar-refractivity contribution in [2.24, 2.45) is 0 Å². The van der Waals surface area contributed by atoms with Crippen molar-refractivity contribution in [2.45, 2.75) is 59.2 Å². The number of rotatable bonds is 8. The lowest BCUT2D eigenvalue weighted by Crippen LogP contribution is -2.41. The van der Waals surface area contributed by atoms with E-state index in [0.717, 1.165) is 39.6 Å². The van der Waals surface area contributed by atoms with Crippen molar-refractivity contribution in [3.8, 4) is 0 Å². The largest absolute Gasteiger partial charge is 0.450 e. The van der Waals surface area contributed by atoms with Gasteiger partial charge in [-0.15, -0.1) is 0 Å². The Kier molecular flexibility index (Phi) is 7.38. The number of aryl methyl sites for hydroxylation is 1. The maximum absolute atomic E-state index is 11.8. The monoisotopic (exact) mass is 491 g/mol. The van der Waals surface area contributed by atoms with Crippen LogP contribution in [0.15, 0.2) is 22.7 Å². The van der Waals surface area contributed by atoms with Crippen molar-refractivity contribution < 1.29 is 14.3 Å². The topological polar surface area (TPSA) is 104 Å². The van der Waals surface area contributed by atoms with Gasteiger partial charge in [0, 0.05) is 28.5 Å². The molecule has 0 radical (unpaired) electrons. The number of fused-ring (bicyclic) bond motifs is 3. The van der Waals surface area contributed by atoms with E-state index in [1.54, 1.807) is 0 Å². The Morgan fingerprint density at radius 1 is 1.26 bits per heavy atom. The van der Waals surface area contributed by atoms with Gasteiger partial charge in [-0.1, -0.05) is 15.9 Å². The summed E-state index contributed by atoms with van der Waals surface area (Å²) in [5.74, 6) is 1.21. The number of hydrogen-bond donors (Lipinski definition) is 2. The molecule has 1 aromatic carbocycles. The number of nitrogens with one attached hydrogen (secondary N) is 1. The van der Waals surface area contributed by atoms with Crippen LogP contribution in [0.4, 0.5) is 10.6 Å². The van der Waals surface area contributed by atoms with E-state index < -0.39 is 6.09 Å². The highest BCUT2D eigenvalue weighted by atomic mass is 79.9. The molecule has 9 heteroatoms. The number of imidazole rings is 1. The van der Waals surface area contributed by atoms with Crippen molar-refractivity contribution in [1.82, 2.24) is 19.9 Å². The first-order chi connectivity index (χ1) is 14.7. The van der Waals surface area contributed by atoms with Gasteiger partial charge in [0.15, 0.2) is 5.82 Å². The number of carbonyl (C=O) groups excluding carboxylic acids is 1. The first-order valence-corrected chi connectivity index (χ1v) is 11.3. The van der Waals surface area contributed by atoms with Crippen molar-refractivity contribution in [3.63, 3.8) is 0 Å². The number of hydrogen-bond acceptors (Lipinski definition) is 6. The van der Waals surface area contributed by atoms with Crippen LogP contribution in [0.2, 0.25) is 0 Å². The Bertz CT molecular complexity index is 1070. The lowest BCUT2D eigenvalue weighted by atomic mass is 10.1. The molecule has 0 unspecified atom stereocenters. The number of nitrogens with zero attached hydrogens (tertiary/aromatic N) is 3. The molecule has 0 atom stereocenters. The van der Waals surface area contributed by atoms with E-state index in [1.165, 1.54) is 0 Å². The molecule has 0 aliphatic rings. The number of halogens is 1. The standard InChI is InChI=1S/C22H30BrN5O3/c1-5-30-13-17-26-18-19(15-9-8-14(23)12-16(15)25-20(18)24)28(17)10-6-7-11-31-21(29)27-22(2,3)4/h8-9,12H,5-7,10-11,13H2,1-4H3,(H2,24,25)(H,27,29). The fourth-order valence-electron chi connectivity index (χ4n) is 3.35. The van der Waals surface area contributed by atoms with Gasteiger partial charge >= 0.3 is 6.09 Å². The minimum Gasteiger partial charge on any atom is -0.450 e. The Hall–Kier alpha value is -2.39. The maximum atomic E-state index is 11.8. The zero-order valence-electron chi connectivity index (χ0n) is 18.5. The van der Waals surface area contributed by atoms with Crippen LogP contribution in [0.5, 0.6) is 0 Å². The van der Waals surface area contributed by atoms with E-state index in [1.807, 2.05) is 45.9 Å². The van der Waals surface area contributed by atoms with Crippen LogP contribution in [0.25, 0.3) is 21.9 Å². The third-order valence-electron chi connectivity index (χ3n) is 4.67. The summed E-state index contributed by atoms with van der Waals surface area (Å²) in [7, 11) is 0. The van der Waals surface area contributed by atoms with Gasteiger partial charge < -0.3 is 25.1 Å². The quantitative estimate of drug-likeness (QED) is 0.439. The molecule has 0 fully saturated rings. The van der Waals surface area contributed by atoms with Crippen molar-refractivity contribution in [1.29, 1.82) is 0 Å². The molecule has 31 heavy (non-hydrogen) atoms. The molecule has 3 N–H and O–H groups in total. The molecule has 0 saturated heterocycles. The fraction of sp³-hybridized carbons (Fsp3) is 0.500. The number of nitrogens with two attached hydrogens (primary N) is 1. The van der Waals surface area contributed by atoms with Crippen LogP contribution in [-0.4, -0.2) is 39.4 Å². The Labute approximate surface area is 190 Å². The number of benzene rings is 1. The molecule has 0 aliphatic heterocycles. The first kappa shape index (κ1) is 23.3. The number of alkyl carbamates (subject to hydrolysis) is 1. The average molecular weight is 492 g/mol. The van der Waals surface area contributed by atoms with Crippen LogP contribution in [0, 0.1) is 0 Å². The second-order valence-electron chi connectivity index (χ2n) is 8.39. The summed E-state index contributed by atoms with van der Waals surface area (Å²) < 4.78 is 14.0. The fourth-order valence-corrected chi connectivity index (χ4v) is 3.70. The summed E-state index contributed by atoms with van der Waals surface area (Å²) in [6, 6.07) is 5.96. The van der Waals surface area contributed by atoms with E-state index in [0.29, 0.717) is 37.7 Å². The lowest BCUT2D eigenvalue weighted by Gasteiger charge is -2.20. The number of pyridine rings is 1. The van der Waals surface area contributed by atoms with E-state index in [9.17, 15) is 4.79 Å². The predicted molar refractivity (Wildman–Crippen MR) is 126 cm³/mol. The van der Waals surface area contributed by atoms with Crippen molar-refractivity contribution in [3.05, 3.63) is 28.5 Å². The van der Waals surface area contributed by atoms with Crippen molar-refractivity contribution in [2.75, 3.05) is 18.9 Å². The molecule has 2 heterocycles. The molecular weight excluding hydrogens is 462 g/mol. The van der Waals surface area contributed by atoms with Crippen LogP contribution >= 0.6 is 15.9 Å². The van der Waals surface area contributed by atoms with Crippen molar-refractivity contribution >= 4 is 49.8 Å². The second-order valence-corrected chi connectivity index (χ2v) is 9.31. The van der Waals surface area contributed by atoms with Crippen LogP contribution in [0.3, 0.4) is 0 Å². The summed E-state index contributed by atoms with van der Waals surface area (Å²) in [6.07, 6.45) is 1.15. The van der Waals surface area contributed by atoms with E-state index >= 15 is 0 Å². The molecule has 0 bridgehead atoms. The van der Waals surface area contributed by atoms with E-state index in [2.05, 4.69) is 30.8 Å². The molecule has 0 saturated carbocycles. The lowest BCUT2D eigenvalue weighted by molar-refractivity contribution is 0.125. The van der Waals surface area contributed by atoms with Gasteiger partial charge in [-0.05, 0) is 58.7 Å². The van der Waals surface area contributed by atoms with Gasteiger partial charge in [-0.2, -0.15) is 0 Å². The van der Waals surface area contributed by atoms with Gasteiger partial charge in [0.25, 0.3) is 0 Å². The molecule has 3 aromatic rings. The number of carbonyl (C=O) groups is 1. The molecule has 0 spiro atoms. The van der Waals surface area contributed by atoms with Gasteiger partial charge in [0.05, 0.1) is 17.6 Å². The molecule has 2 aromatic heterocycles. The molecule has 0 aliphatic carbocycles. The first-order valence-electron chi connectivity index (χ1n) is 10.5. The van der Waals surface area contributed by atoms with E-state index in [4.69, 9.17) is 20.2 Å². The minimum atomic E-state index is -0.395. The van der Waals surface area contributed by atoms with Gasteiger partial charge in [-0.3, -0.25) is 0 Å². The second kappa shape index (κ2) is 9.82. The number of ether oxygens (including phenoxy) is 2. The predicted octanol–water partition coefficient (Wildman–Crippen LogP) is 4.77. The Morgan fingerprint density at radius 2 is 2.03 bits per heavy atom. The van der Waals surface area contributed by atoms with Crippen LogP contribution in [0.1, 0.15) is 46.4 Å². The summed E-state index contributed by atoms with van der Waals surface area (Å²) in [5, 5.41) is 3.78. The summed E-state index contributed by atoms with van der Waals surface area (Å²) in [4.78, 5) is 21.1. The zero-order valence-corrected chi connectivity index (χ0v) is 20.1. The summed E-state index contributed by atoms with van der Waals surface area (Å²) in [6.45, 7) is 9.76. The highest BCUT2D eigenvalue weighted by Crippen LogP contribution is 2.31. The third kappa shape index (κ3) is 5.86. The average Bonchev–Trinajstić information content (AvgIpc) is 3.04. The van der Waals surface area contributed by atoms with Gasteiger partial charge in [0.1, 0.15) is 17.9 Å². The number of amides is 1. The number of aromatic nitrogens is 3. The van der Waals surface area contributed by atoms with Gasteiger partial charge in [-0.25, -0.2) is 14.8 Å². The van der Waals surface area contributed by atoms with Crippen LogP contribution in [-0.2, 0) is 22.6 Å². The molecule has 3 rings (SSSR count). The van der Waals surface area contributed by atoms with Crippen LogP contribution < -0.4 is 11.1 Å². The summed E-state index contributed by atoms with van der Waals surface area (Å²) in [5.41, 5.74) is 8.37. The smallest absolute Gasteiger partial charge is 0.407 e. The summed E-state index contributed by atoms with van der Waals surface area (Å²) >= 11 is 3.50. The molecular formula is C22H30BrN5O3. The SMILES string of the molecule is CCOCc1nc2c(N)nc3cc(Br)ccc3c2n1CCCCOC(=O)NC(C)(C)C. The molecule has 168 valence electrons. The highest BCUT2D eigenvalue weighted by Gasteiger charge is 2.18. The molecule has 1 amide bonds. The Morgan fingerprint density at radius 3 is 2.74 bits per heavy atom. The minimum absolute atomic E-state index is 0.314. The highest BCUT2D eigenvalue weighted by molar-refractivity contribution is 9.10. The molecule has 8 nitrogen and oxygen atoms in total. The Balaban J connectivity index is 1.80. The number of unbranched alkanes of at least 4 members (excludes halogenated alkanes) is 1. The normalized spacial score (nSPS) is 11.9. The van der Waals surface area contributed by atoms with E-state index in [-0.39, 0.29) is 5.54 Å². The number of nitrogen functional groups attached to an aromatic ring is 1. The third-order valence-corrected chi connectivity index (χ3v) is 5.16. The van der Waals surface area contributed by atoms with Gasteiger partial charge in [0.2, 0.25) is 0 Å². The number of anilines is 1. The zero-order chi connectivity index (χ0) is 22.6.